The van der Waals surface area contributed by atoms with Crippen molar-refractivity contribution in [3.05, 3.63) is 38.4 Å². The molecule has 1 aliphatic carbocycles. The summed E-state index contributed by atoms with van der Waals surface area (Å²) in [5, 5.41) is 5.72. The molecule has 2 aliphatic rings. The molecule has 0 spiro atoms. The van der Waals surface area contributed by atoms with E-state index < -0.39 is 5.91 Å². The topological polar surface area (TPSA) is 75.4 Å². The number of nitrogens with one attached hydrogen (secondary N) is 1. The lowest BCUT2D eigenvalue weighted by molar-refractivity contribution is -0.121. The smallest absolute Gasteiger partial charge is 0.251 e. The highest BCUT2D eigenvalue weighted by atomic mass is 32.1. The summed E-state index contributed by atoms with van der Waals surface area (Å²) in [7, 11) is 0. The predicted octanol–water partition coefficient (Wildman–Crippen LogP) is 3.56. The Bertz CT molecular complexity index is 828. The Balaban J connectivity index is 1.53. The molecule has 138 valence electrons. The van der Waals surface area contributed by atoms with Crippen LogP contribution >= 0.6 is 22.7 Å². The largest absolute Gasteiger partial charge is 0.365 e. The molecule has 0 unspecified atom stereocenters. The molecule has 2 amide bonds. The Morgan fingerprint density at radius 3 is 2.92 bits per heavy atom. The summed E-state index contributed by atoms with van der Waals surface area (Å²) < 4.78 is 0. The third-order valence-corrected chi connectivity index (χ3v) is 7.63. The number of rotatable bonds is 5. The van der Waals surface area contributed by atoms with E-state index in [1.54, 1.807) is 11.3 Å². The third-order valence-electron chi connectivity index (χ3n) is 5.45. The minimum absolute atomic E-state index is 0.0594. The maximum absolute atomic E-state index is 12.9. The molecule has 2 aromatic heterocycles. The molecule has 0 bridgehead atoms. The Labute approximate surface area is 161 Å². The molecule has 1 fully saturated rings. The predicted molar refractivity (Wildman–Crippen MR) is 106 cm³/mol. The highest BCUT2D eigenvalue weighted by molar-refractivity contribution is 7.17. The van der Waals surface area contributed by atoms with E-state index in [1.807, 2.05) is 6.92 Å². The van der Waals surface area contributed by atoms with Gasteiger partial charge in [0, 0.05) is 15.8 Å². The zero-order chi connectivity index (χ0) is 18.3. The molecule has 0 saturated carbocycles. The average Bonchev–Trinajstić information content (AvgIpc) is 3.35. The van der Waals surface area contributed by atoms with Gasteiger partial charge < -0.3 is 11.1 Å². The number of amides is 2. The molecular weight excluding hydrogens is 366 g/mol. The zero-order valence-electron chi connectivity index (χ0n) is 14.8. The summed E-state index contributed by atoms with van der Waals surface area (Å²) in [6, 6.07) is 4.27. The molecule has 3 N–H and O–H groups in total. The van der Waals surface area contributed by atoms with Crippen molar-refractivity contribution in [1.82, 2.24) is 4.90 Å². The molecule has 0 radical (unpaired) electrons. The molecule has 26 heavy (non-hydrogen) atoms. The normalized spacial score (nSPS) is 20.9. The fourth-order valence-electron chi connectivity index (χ4n) is 4.16. The van der Waals surface area contributed by atoms with Crippen molar-refractivity contribution in [2.75, 3.05) is 11.9 Å². The van der Waals surface area contributed by atoms with Gasteiger partial charge in [-0.05, 0) is 62.6 Å². The summed E-state index contributed by atoms with van der Waals surface area (Å²) in [4.78, 5) is 29.6. The molecule has 4 rings (SSSR count). The van der Waals surface area contributed by atoms with Gasteiger partial charge in [-0.1, -0.05) is 6.07 Å². The SMILES string of the molecule is C[C@H](C(=O)Nc1sc2c(c1C(N)=O)CCC2)N1CCC[C@@H]1c1cccs1. The van der Waals surface area contributed by atoms with Gasteiger partial charge in [0.15, 0.2) is 0 Å². The monoisotopic (exact) mass is 389 g/mol. The molecule has 7 heteroatoms. The number of hydrogen-bond donors (Lipinski definition) is 2. The van der Waals surface area contributed by atoms with Crippen LogP contribution in [0.1, 0.15) is 57.9 Å². The second-order valence-corrected chi connectivity index (χ2v) is 9.09. The van der Waals surface area contributed by atoms with Crippen LogP contribution in [0.4, 0.5) is 5.00 Å². The Morgan fingerprint density at radius 1 is 1.35 bits per heavy atom. The number of carbonyl (C=O) groups excluding carboxylic acids is 2. The summed E-state index contributed by atoms with van der Waals surface area (Å²) in [6.07, 6.45) is 5.08. The van der Waals surface area contributed by atoms with Crippen molar-refractivity contribution in [2.24, 2.45) is 5.73 Å². The van der Waals surface area contributed by atoms with Crippen LogP contribution in [0, 0.1) is 0 Å². The minimum atomic E-state index is -0.440. The Hall–Kier alpha value is -1.70. The number of aryl methyl sites for hydroxylation is 1. The van der Waals surface area contributed by atoms with Crippen LogP contribution in [0.3, 0.4) is 0 Å². The van der Waals surface area contributed by atoms with Gasteiger partial charge in [0.1, 0.15) is 5.00 Å². The van der Waals surface area contributed by atoms with Gasteiger partial charge >= 0.3 is 0 Å². The van der Waals surface area contributed by atoms with Gasteiger partial charge in [0.05, 0.1) is 11.6 Å². The molecule has 1 aliphatic heterocycles. The first kappa shape index (κ1) is 17.7. The lowest BCUT2D eigenvalue weighted by Crippen LogP contribution is -2.41. The van der Waals surface area contributed by atoms with Gasteiger partial charge in [-0.3, -0.25) is 14.5 Å². The number of likely N-dealkylation sites (tertiary alicyclic amines) is 1. The van der Waals surface area contributed by atoms with E-state index in [-0.39, 0.29) is 11.9 Å². The van der Waals surface area contributed by atoms with Crippen molar-refractivity contribution in [2.45, 2.75) is 51.1 Å². The van der Waals surface area contributed by atoms with Crippen LogP contribution in [0.5, 0.6) is 0 Å². The first-order chi connectivity index (χ1) is 12.6. The maximum atomic E-state index is 12.9. The number of thiophene rings is 2. The lowest BCUT2D eigenvalue weighted by Gasteiger charge is -2.29. The first-order valence-electron chi connectivity index (χ1n) is 9.10. The van der Waals surface area contributed by atoms with Crippen molar-refractivity contribution in [3.63, 3.8) is 0 Å². The summed E-state index contributed by atoms with van der Waals surface area (Å²) in [6.45, 7) is 2.87. The fraction of sp³-hybridized carbons (Fsp3) is 0.474. The van der Waals surface area contributed by atoms with Crippen molar-refractivity contribution >= 4 is 39.5 Å². The first-order valence-corrected chi connectivity index (χ1v) is 10.8. The molecule has 0 aromatic carbocycles. The minimum Gasteiger partial charge on any atom is -0.365 e. The van der Waals surface area contributed by atoms with Gasteiger partial charge in [0.25, 0.3) is 5.91 Å². The van der Waals surface area contributed by atoms with Crippen LogP contribution in [-0.2, 0) is 17.6 Å². The van der Waals surface area contributed by atoms with E-state index >= 15 is 0 Å². The third kappa shape index (κ3) is 3.08. The maximum Gasteiger partial charge on any atom is 0.251 e. The summed E-state index contributed by atoms with van der Waals surface area (Å²) in [5.41, 5.74) is 7.17. The van der Waals surface area contributed by atoms with Crippen LogP contribution in [-0.4, -0.2) is 29.3 Å². The molecule has 2 aromatic rings. The number of primary amides is 1. The lowest BCUT2D eigenvalue weighted by atomic mass is 10.1. The number of carbonyl (C=O) groups is 2. The quantitative estimate of drug-likeness (QED) is 0.821. The standard InChI is InChI=1S/C19H23N3O2S2/c1-11(22-9-3-6-13(22)15-8-4-10-25-15)18(24)21-19-16(17(20)23)12-5-2-7-14(12)26-19/h4,8,10-11,13H,2-3,5-7,9H2,1H3,(H2,20,23)(H,21,24)/t11-,13-/m1/s1. The number of fused-ring (bicyclic) bond motifs is 1. The van der Waals surface area contributed by atoms with Crippen molar-refractivity contribution < 1.29 is 9.59 Å². The summed E-state index contributed by atoms with van der Waals surface area (Å²) >= 11 is 3.26. The van der Waals surface area contributed by atoms with E-state index in [1.165, 1.54) is 21.1 Å². The van der Waals surface area contributed by atoms with Crippen molar-refractivity contribution in [3.8, 4) is 0 Å². The molecule has 2 atom stereocenters. The van der Waals surface area contributed by atoms with Crippen LogP contribution in [0.15, 0.2) is 17.5 Å². The number of nitrogens with zero attached hydrogens (tertiary/aromatic N) is 1. The van der Waals surface area contributed by atoms with Crippen LogP contribution < -0.4 is 11.1 Å². The van der Waals surface area contributed by atoms with Gasteiger partial charge in [-0.2, -0.15) is 0 Å². The van der Waals surface area contributed by atoms with Gasteiger partial charge in [-0.15, -0.1) is 22.7 Å². The van der Waals surface area contributed by atoms with E-state index in [9.17, 15) is 9.59 Å². The van der Waals surface area contributed by atoms with E-state index in [0.29, 0.717) is 16.6 Å². The van der Waals surface area contributed by atoms with Crippen LogP contribution in [0.25, 0.3) is 0 Å². The second kappa shape index (κ2) is 7.13. The van der Waals surface area contributed by atoms with E-state index in [2.05, 4.69) is 27.7 Å². The highest BCUT2D eigenvalue weighted by Gasteiger charge is 2.34. The van der Waals surface area contributed by atoms with E-state index in [0.717, 1.165) is 44.2 Å². The molecule has 1 saturated heterocycles. The number of anilines is 1. The van der Waals surface area contributed by atoms with Crippen LogP contribution in [0.2, 0.25) is 0 Å². The van der Waals surface area contributed by atoms with Crippen molar-refractivity contribution in [1.29, 1.82) is 0 Å². The number of hydrogen-bond acceptors (Lipinski definition) is 5. The summed E-state index contributed by atoms with van der Waals surface area (Å²) in [5.74, 6) is -0.499. The Morgan fingerprint density at radius 2 is 2.19 bits per heavy atom. The average molecular weight is 390 g/mol. The van der Waals surface area contributed by atoms with E-state index in [4.69, 9.17) is 5.73 Å². The Kier molecular flexibility index (Phi) is 4.86. The molecular formula is C19H23N3O2S2. The second-order valence-electron chi connectivity index (χ2n) is 7.00. The molecule has 3 heterocycles. The zero-order valence-corrected chi connectivity index (χ0v) is 16.4. The van der Waals surface area contributed by atoms with Gasteiger partial charge in [-0.25, -0.2) is 0 Å². The fourth-order valence-corrected chi connectivity index (χ4v) is 6.34. The highest BCUT2D eigenvalue weighted by Crippen LogP contribution is 2.40. The van der Waals surface area contributed by atoms with Gasteiger partial charge in [0.2, 0.25) is 5.91 Å². The molecule has 5 nitrogen and oxygen atoms in total. The number of nitrogens with two attached hydrogens (primary N) is 1.